The summed E-state index contributed by atoms with van der Waals surface area (Å²) in [5.74, 6) is -0.507. The molecule has 1 unspecified atom stereocenters. The third-order valence-electron chi connectivity index (χ3n) is 7.93. The number of thioether (sulfide) groups is 1. The van der Waals surface area contributed by atoms with E-state index in [-0.39, 0.29) is 30.7 Å². The number of carbonyl (C=O) groups is 1. The molecule has 3 aromatic heterocycles. The summed E-state index contributed by atoms with van der Waals surface area (Å²) >= 11 is 1.28. The number of likely N-dealkylation sites (N-methyl/N-ethyl adjacent to an activating group) is 1. The number of hydrogen-bond donors (Lipinski definition) is 1. The highest BCUT2D eigenvalue weighted by Crippen LogP contribution is 2.31. The molecule has 0 aliphatic heterocycles. The number of nitrogens with zero attached hydrogens (tertiary/aromatic N) is 6. The van der Waals surface area contributed by atoms with Gasteiger partial charge < -0.3 is 14.4 Å². The van der Waals surface area contributed by atoms with Crippen molar-refractivity contribution in [2.45, 2.75) is 43.0 Å². The van der Waals surface area contributed by atoms with Gasteiger partial charge in [-0.1, -0.05) is 49.0 Å². The van der Waals surface area contributed by atoms with E-state index in [1.807, 2.05) is 25.9 Å². The summed E-state index contributed by atoms with van der Waals surface area (Å²) in [7, 11) is 3.81. The molecule has 0 spiro atoms. The number of carbonyl (C=O) groups excluding carboxylic acids is 1. The summed E-state index contributed by atoms with van der Waals surface area (Å²) in [4.78, 5) is 39.7. The van der Waals surface area contributed by atoms with E-state index in [0.29, 0.717) is 40.8 Å². The second-order valence-electron chi connectivity index (χ2n) is 11.8. The van der Waals surface area contributed by atoms with Gasteiger partial charge in [0, 0.05) is 61.0 Å². The van der Waals surface area contributed by atoms with E-state index in [2.05, 4.69) is 20.2 Å². The van der Waals surface area contributed by atoms with E-state index in [1.54, 1.807) is 58.5 Å². The van der Waals surface area contributed by atoms with Crippen LogP contribution in [0.15, 0.2) is 95.4 Å². The first kappa shape index (κ1) is 35.5. The van der Waals surface area contributed by atoms with E-state index >= 15 is 0 Å². The van der Waals surface area contributed by atoms with Gasteiger partial charge in [-0.05, 0) is 61.1 Å². The average Bonchev–Trinajstić information content (AvgIpc) is 3.62. The smallest absolute Gasteiger partial charge is 0.335 e. The van der Waals surface area contributed by atoms with Crippen LogP contribution in [0.4, 0.5) is 17.6 Å². The Morgan fingerprint density at radius 1 is 0.980 bits per heavy atom. The number of hydrogen-bond acceptors (Lipinski definition) is 7. The lowest BCUT2D eigenvalue weighted by molar-refractivity contribution is -0.137. The van der Waals surface area contributed by atoms with Gasteiger partial charge in [-0.3, -0.25) is 19.7 Å². The maximum atomic E-state index is 14.0. The molecule has 1 amide bonds. The van der Waals surface area contributed by atoms with E-state index in [9.17, 15) is 27.2 Å². The highest BCUT2D eigenvalue weighted by molar-refractivity contribution is 7.98. The molecule has 0 radical (unpaired) electrons. The molecular formula is C35H35F4N7O2S. The van der Waals surface area contributed by atoms with Gasteiger partial charge >= 0.3 is 6.18 Å². The number of pyridine rings is 1. The average molecular weight is 694 g/mol. The highest BCUT2D eigenvalue weighted by atomic mass is 32.2. The summed E-state index contributed by atoms with van der Waals surface area (Å²) in [6.45, 7) is 2.98. The number of alkyl halides is 3. The zero-order valence-corrected chi connectivity index (χ0v) is 27.9. The third-order valence-corrected chi connectivity index (χ3v) is 9.00. The minimum Gasteiger partial charge on any atom is -0.335 e. The lowest BCUT2D eigenvalue weighted by atomic mass is 9.98. The van der Waals surface area contributed by atoms with Crippen molar-refractivity contribution < 1.29 is 22.4 Å². The molecule has 5 aromatic rings. The van der Waals surface area contributed by atoms with Crippen molar-refractivity contribution >= 4 is 17.7 Å². The predicted octanol–water partition coefficient (Wildman–Crippen LogP) is 6.22. The first-order valence-corrected chi connectivity index (χ1v) is 16.4. The Hall–Kier alpha value is -4.82. The van der Waals surface area contributed by atoms with Gasteiger partial charge in [0.25, 0.3) is 5.56 Å². The number of halogens is 4. The molecule has 9 nitrogen and oxygen atoms in total. The molecule has 0 saturated heterocycles. The second kappa shape index (κ2) is 15.6. The largest absolute Gasteiger partial charge is 0.416 e. The Morgan fingerprint density at radius 2 is 1.69 bits per heavy atom. The third kappa shape index (κ3) is 9.42. The maximum Gasteiger partial charge on any atom is 0.416 e. The van der Waals surface area contributed by atoms with Crippen molar-refractivity contribution in [2.75, 3.05) is 27.2 Å². The van der Waals surface area contributed by atoms with Crippen LogP contribution >= 0.6 is 11.8 Å². The van der Waals surface area contributed by atoms with Crippen molar-refractivity contribution in [1.29, 1.82) is 0 Å². The van der Waals surface area contributed by atoms with Gasteiger partial charge in [-0.15, -0.1) is 0 Å². The van der Waals surface area contributed by atoms with E-state index in [0.717, 1.165) is 28.8 Å². The lowest BCUT2D eigenvalue weighted by Gasteiger charge is -2.26. The first-order chi connectivity index (χ1) is 23.4. The van der Waals surface area contributed by atoms with Crippen LogP contribution in [0.2, 0.25) is 0 Å². The first-order valence-electron chi connectivity index (χ1n) is 15.4. The fourth-order valence-electron chi connectivity index (χ4n) is 5.02. The van der Waals surface area contributed by atoms with Crippen LogP contribution in [0.1, 0.15) is 40.7 Å². The second-order valence-corrected chi connectivity index (χ2v) is 12.8. The van der Waals surface area contributed by atoms with E-state index in [1.165, 1.54) is 36.0 Å². The normalized spacial score (nSPS) is 12.3. The standard InChI is InChI=1S/C35H35F4N7O2S/c1-23(27-17-41-42-18-27)30-20-46(34(43-33(30)48)49-22-24-4-11-29(36)12-5-24)21-32(47)45(15-14-44(2)3)19-25-6-13-31(40-16-25)26-7-9-28(10-8-26)35(37,38)39/h4-13,16-18,20,23H,14-15,19,21-22H2,1-3H3,(H,41,42). The van der Waals surface area contributed by atoms with Gasteiger partial charge in [0.1, 0.15) is 12.4 Å². The predicted molar refractivity (Wildman–Crippen MR) is 179 cm³/mol. The molecule has 0 aliphatic carbocycles. The van der Waals surface area contributed by atoms with Crippen LogP contribution in [0.25, 0.3) is 11.3 Å². The molecule has 49 heavy (non-hydrogen) atoms. The number of rotatable bonds is 13. The zero-order valence-electron chi connectivity index (χ0n) is 27.1. The molecule has 0 aliphatic rings. The summed E-state index contributed by atoms with van der Waals surface area (Å²) in [6.07, 6.45) is 2.19. The maximum absolute atomic E-state index is 14.0. The number of nitrogens with one attached hydrogen (secondary N) is 1. The van der Waals surface area contributed by atoms with Crippen molar-refractivity contribution in [3.8, 4) is 11.3 Å². The van der Waals surface area contributed by atoms with Crippen molar-refractivity contribution in [1.82, 2.24) is 34.5 Å². The Labute approximate surface area is 285 Å². The Balaban J connectivity index is 1.39. The van der Waals surface area contributed by atoms with Crippen LogP contribution in [-0.4, -0.2) is 67.6 Å². The SMILES string of the molecule is CC(c1cn[nH]c1)c1cn(CC(=O)N(CCN(C)C)Cc2ccc(-c3ccc(C(F)(F)F)cc3)nc2)c(SCc2ccc(F)cc2)nc1=O. The summed E-state index contributed by atoms with van der Waals surface area (Å²) < 4.78 is 54.2. The molecule has 2 aromatic carbocycles. The number of aromatic amines is 1. The molecule has 0 saturated carbocycles. The molecule has 14 heteroatoms. The van der Waals surface area contributed by atoms with Crippen molar-refractivity contribution in [3.63, 3.8) is 0 Å². The fourth-order valence-corrected chi connectivity index (χ4v) is 5.94. The molecule has 3 heterocycles. The van der Waals surface area contributed by atoms with Gasteiger partial charge in [0.05, 0.1) is 17.5 Å². The topological polar surface area (TPSA) is 100 Å². The fraction of sp³-hybridized carbons (Fsp3) is 0.286. The van der Waals surface area contributed by atoms with Crippen molar-refractivity contribution in [3.05, 3.63) is 129 Å². The van der Waals surface area contributed by atoms with Crippen LogP contribution in [0.5, 0.6) is 0 Å². The molecule has 0 bridgehead atoms. The monoisotopic (exact) mass is 693 g/mol. The molecular weight excluding hydrogens is 658 g/mol. The highest BCUT2D eigenvalue weighted by Gasteiger charge is 2.30. The Bertz CT molecular complexity index is 1900. The van der Waals surface area contributed by atoms with Crippen molar-refractivity contribution in [2.24, 2.45) is 0 Å². The molecule has 0 fully saturated rings. The summed E-state index contributed by atoms with van der Waals surface area (Å²) in [6, 6.07) is 14.4. The number of H-pyrrole nitrogens is 1. The number of aromatic nitrogens is 5. The molecule has 1 N–H and O–H groups in total. The zero-order chi connectivity index (χ0) is 35.1. The number of amides is 1. The van der Waals surface area contributed by atoms with E-state index < -0.39 is 17.3 Å². The van der Waals surface area contributed by atoms with Crippen LogP contribution in [-0.2, 0) is 29.8 Å². The minimum atomic E-state index is -4.43. The summed E-state index contributed by atoms with van der Waals surface area (Å²) in [5.41, 5.74) is 2.66. The van der Waals surface area contributed by atoms with Gasteiger partial charge in [-0.25, -0.2) is 4.39 Å². The minimum absolute atomic E-state index is 0.103. The molecule has 5 rings (SSSR count). The van der Waals surface area contributed by atoms with E-state index in [4.69, 9.17) is 0 Å². The Morgan fingerprint density at radius 3 is 2.31 bits per heavy atom. The van der Waals surface area contributed by atoms with Gasteiger partial charge in [-0.2, -0.15) is 23.3 Å². The Kier molecular flexibility index (Phi) is 11.3. The van der Waals surface area contributed by atoms with Gasteiger partial charge in [0.15, 0.2) is 5.16 Å². The lowest BCUT2D eigenvalue weighted by Crippen LogP contribution is -2.38. The number of benzene rings is 2. The van der Waals surface area contributed by atoms with Gasteiger partial charge in [0.2, 0.25) is 5.91 Å². The van der Waals surface area contributed by atoms with Crippen LogP contribution in [0.3, 0.4) is 0 Å². The van der Waals surface area contributed by atoms with Crippen LogP contribution < -0.4 is 5.56 Å². The van der Waals surface area contributed by atoms with Crippen LogP contribution in [0, 0.1) is 5.82 Å². The molecule has 1 atom stereocenters. The quantitative estimate of drug-likeness (QED) is 0.0889. The summed E-state index contributed by atoms with van der Waals surface area (Å²) in [5, 5.41) is 7.10. The molecule has 256 valence electrons.